The number of fused-ring (bicyclic) bond motifs is 1. The zero-order chi connectivity index (χ0) is 11.0. The second-order valence-electron chi connectivity index (χ2n) is 4.12. The number of ether oxygens (including phenoxy) is 2. The zero-order valence-electron chi connectivity index (χ0n) is 8.81. The van der Waals surface area contributed by atoms with Gasteiger partial charge in [0.15, 0.2) is 0 Å². The molecule has 0 bridgehead atoms. The molecule has 0 saturated carbocycles. The van der Waals surface area contributed by atoms with E-state index in [2.05, 4.69) is 5.32 Å². The van der Waals surface area contributed by atoms with Gasteiger partial charge in [-0.2, -0.15) is 0 Å². The van der Waals surface area contributed by atoms with Gasteiger partial charge in [0, 0.05) is 12.2 Å². The fourth-order valence-corrected chi connectivity index (χ4v) is 2.02. The molecule has 1 atom stereocenters. The van der Waals surface area contributed by atoms with Gasteiger partial charge in [0.05, 0.1) is 13.2 Å². The van der Waals surface area contributed by atoms with Gasteiger partial charge >= 0.3 is 5.97 Å². The molecule has 1 aromatic rings. The third kappa shape index (κ3) is 1.55. The topological polar surface area (TPSA) is 47.6 Å². The average Bonchev–Trinajstić information content (AvgIpc) is 2.67. The summed E-state index contributed by atoms with van der Waals surface area (Å²) in [6.07, 6.45) is -0.0414. The molecular formula is C12H13NO3. The first-order valence-corrected chi connectivity index (χ1v) is 5.45. The second kappa shape index (κ2) is 3.79. The number of hydrogen-bond donors (Lipinski definition) is 1. The molecule has 1 N–H and O–H groups in total. The average molecular weight is 219 g/mol. The van der Waals surface area contributed by atoms with Crippen molar-refractivity contribution in [1.29, 1.82) is 0 Å². The highest BCUT2D eigenvalue weighted by molar-refractivity contribution is 5.84. The van der Waals surface area contributed by atoms with Crippen molar-refractivity contribution in [3.05, 3.63) is 29.8 Å². The van der Waals surface area contributed by atoms with E-state index in [-0.39, 0.29) is 18.0 Å². The van der Waals surface area contributed by atoms with E-state index in [1.807, 2.05) is 24.3 Å². The molecule has 3 rings (SSSR count). The molecule has 0 spiro atoms. The highest BCUT2D eigenvalue weighted by Crippen LogP contribution is 2.32. The fourth-order valence-electron chi connectivity index (χ4n) is 2.02. The summed E-state index contributed by atoms with van der Waals surface area (Å²) < 4.78 is 10.3. The van der Waals surface area contributed by atoms with Gasteiger partial charge in [-0.3, -0.25) is 4.79 Å². The Balaban J connectivity index is 1.73. The minimum absolute atomic E-state index is 0.0414. The normalized spacial score (nSPS) is 23.1. The molecule has 2 heterocycles. The van der Waals surface area contributed by atoms with Gasteiger partial charge in [-0.05, 0) is 11.6 Å². The van der Waals surface area contributed by atoms with E-state index in [4.69, 9.17) is 9.47 Å². The van der Waals surface area contributed by atoms with Gasteiger partial charge in [-0.25, -0.2) is 0 Å². The fraction of sp³-hybridized carbons (Fsp3) is 0.417. The minimum Gasteiger partial charge on any atom is -0.457 e. The Morgan fingerprint density at radius 3 is 2.94 bits per heavy atom. The zero-order valence-corrected chi connectivity index (χ0v) is 8.81. The van der Waals surface area contributed by atoms with E-state index in [0.717, 1.165) is 11.3 Å². The summed E-state index contributed by atoms with van der Waals surface area (Å²) in [6, 6.07) is 7.85. The van der Waals surface area contributed by atoms with Crippen LogP contribution < -0.4 is 5.32 Å². The SMILES string of the molecule is O=C(OC1COC1)C1CNc2ccccc21. The van der Waals surface area contributed by atoms with E-state index < -0.39 is 0 Å². The molecule has 84 valence electrons. The van der Waals surface area contributed by atoms with Gasteiger partial charge in [0.1, 0.15) is 12.0 Å². The van der Waals surface area contributed by atoms with Crippen molar-refractivity contribution in [2.75, 3.05) is 25.1 Å². The number of anilines is 1. The number of carbonyl (C=O) groups is 1. The molecule has 4 heteroatoms. The summed E-state index contributed by atoms with van der Waals surface area (Å²) in [5, 5.41) is 3.21. The van der Waals surface area contributed by atoms with Crippen molar-refractivity contribution < 1.29 is 14.3 Å². The Hall–Kier alpha value is -1.55. The first-order valence-electron chi connectivity index (χ1n) is 5.45. The first kappa shape index (κ1) is 9.66. The first-order chi connectivity index (χ1) is 7.84. The quantitative estimate of drug-likeness (QED) is 0.758. The Labute approximate surface area is 93.5 Å². The maximum atomic E-state index is 11.9. The van der Waals surface area contributed by atoms with Crippen LogP contribution in [0.5, 0.6) is 0 Å². The van der Waals surface area contributed by atoms with Crippen LogP contribution in [0.3, 0.4) is 0 Å². The van der Waals surface area contributed by atoms with Crippen molar-refractivity contribution in [3.8, 4) is 0 Å². The van der Waals surface area contributed by atoms with E-state index >= 15 is 0 Å². The van der Waals surface area contributed by atoms with Crippen LogP contribution in [0.2, 0.25) is 0 Å². The smallest absolute Gasteiger partial charge is 0.315 e. The van der Waals surface area contributed by atoms with Gasteiger partial charge in [-0.1, -0.05) is 18.2 Å². The van der Waals surface area contributed by atoms with Crippen LogP contribution in [0.15, 0.2) is 24.3 Å². The number of esters is 1. The molecular weight excluding hydrogens is 206 g/mol. The lowest BCUT2D eigenvalue weighted by atomic mass is 10.0. The summed E-state index contributed by atoms with van der Waals surface area (Å²) >= 11 is 0. The van der Waals surface area contributed by atoms with Crippen LogP contribution in [0.1, 0.15) is 11.5 Å². The van der Waals surface area contributed by atoms with Crippen LogP contribution in [-0.4, -0.2) is 31.8 Å². The maximum absolute atomic E-state index is 11.9. The molecule has 0 radical (unpaired) electrons. The van der Waals surface area contributed by atoms with E-state index in [9.17, 15) is 4.79 Å². The minimum atomic E-state index is -0.170. The van der Waals surface area contributed by atoms with Crippen molar-refractivity contribution in [1.82, 2.24) is 0 Å². The van der Waals surface area contributed by atoms with E-state index in [1.165, 1.54) is 0 Å². The van der Waals surface area contributed by atoms with Crippen LogP contribution in [0, 0.1) is 0 Å². The van der Waals surface area contributed by atoms with Crippen molar-refractivity contribution in [2.45, 2.75) is 12.0 Å². The van der Waals surface area contributed by atoms with Crippen LogP contribution in [0.4, 0.5) is 5.69 Å². The highest BCUT2D eigenvalue weighted by Gasteiger charge is 2.32. The molecule has 0 aliphatic carbocycles. The second-order valence-corrected chi connectivity index (χ2v) is 4.12. The standard InChI is InChI=1S/C12H13NO3/c14-12(16-8-6-15-7-8)10-5-13-11-4-2-1-3-9(10)11/h1-4,8,10,13H,5-7H2. The van der Waals surface area contributed by atoms with Crippen LogP contribution >= 0.6 is 0 Å². The largest absolute Gasteiger partial charge is 0.457 e. The summed E-state index contributed by atoms with van der Waals surface area (Å²) in [7, 11) is 0. The van der Waals surface area contributed by atoms with Gasteiger partial charge < -0.3 is 14.8 Å². The number of para-hydroxylation sites is 1. The summed E-state index contributed by atoms with van der Waals surface area (Å²) in [5.41, 5.74) is 2.07. The van der Waals surface area contributed by atoms with E-state index in [0.29, 0.717) is 19.8 Å². The lowest BCUT2D eigenvalue weighted by Gasteiger charge is -2.26. The monoisotopic (exact) mass is 219 g/mol. The third-order valence-electron chi connectivity index (χ3n) is 3.01. The molecule has 4 nitrogen and oxygen atoms in total. The molecule has 1 aromatic carbocycles. The molecule has 16 heavy (non-hydrogen) atoms. The third-order valence-corrected chi connectivity index (χ3v) is 3.01. The summed E-state index contributed by atoms with van der Waals surface area (Å²) in [6.45, 7) is 1.70. The predicted octanol–water partition coefficient (Wildman–Crippen LogP) is 1.14. The molecule has 1 unspecified atom stereocenters. The molecule has 0 amide bonds. The lowest BCUT2D eigenvalue weighted by molar-refractivity contribution is -0.173. The number of rotatable bonds is 2. The molecule has 0 aromatic heterocycles. The van der Waals surface area contributed by atoms with Crippen molar-refractivity contribution in [2.24, 2.45) is 0 Å². The Kier molecular flexibility index (Phi) is 2.29. The Bertz CT molecular complexity index is 414. The van der Waals surface area contributed by atoms with Crippen molar-refractivity contribution >= 4 is 11.7 Å². The van der Waals surface area contributed by atoms with E-state index in [1.54, 1.807) is 0 Å². The molecule has 2 aliphatic rings. The lowest BCUT2D eigenvalue weighted by Crippen LogP contribution is -2.39. The summed E-state index contributed by atoms with van der Waals surface area (Å²) in [5.74, 6) is -0.317. The highest BCUT2D eigenvalue weighted by atomic mass is 16.6. The molecule has 2 aliphatic heterocycles. The van der Waals surface area contributed by atoms with Gasteiger partial charge in [0.2, 0.25) is 0 Å². The van der Waals surface area contributed by atoms with Crippen molar-refractivity contribution in [3.63, 3.8) is 0 Å². The molecule has 1 saturated heterocycles. The Morgan fingerprint density at radius 2 is 2.19 bits per heavy atom. The van der Waals surface area contributed by atoms with Crippen LogP contribution in [0.25, 0.3) is 0 Å². The maximum Gasteiger partial charge on any atom is 0.315 e. The van der Waals surface area contributed by atoms with Gasteiger partial charge in [0.25, 0.3) is 0 Å². The Morgan fingerprint density at radius 1 is 1.38 bits per heavy atom. The summed E-state index contributed by atoms with van der Waals surface area (Å²) in [4.78, 5) is 11.9. The molecule has 1 fully saturated rings. The van der Waals surface area contributed by atoms with Gasteiger partial charge in [-0.15, -0.1) is 0 Å². The number of nitrogens with one attached hydrogen (secondary N) is 1. The predicted molar refractivity (Wildman–Crippen MR) is 58.4 cm³/mol. The number of benzene rings is 1. The number of carbonyl (C=O) groups excluding carboxylic acids is 1. The van der Waals surface area contributed by atoms with Crippen LogP contribution in [-0.2, 0) is 14.3 Å². The number of hydrogen-bond acceptors (Lipinski definition) is 4.